The molecule has 0 aliphatic heterocycles. The molecule has 21 heavy (non-hydrogen) atoms. The maximum atomic E-state index is 11.4. The molecule has 1 heterocycles. The standard InChI is InChI=1S/C17H20N2O2/c1-3-19(12-14-7-5-4-6-8-14)13-16-10-9-15(11-18-16)17(20)21-2/h4-11H,3,12-13H2,1-2H3. The second kappa shape index (κ2) is 7.55. The molecular formula is C17H20N2O2. The summed E-state index contributed by atoms with van der Waals surface area (Å²) in [5, 5.41) is 0. The number of carbonyl (C=O) groups excluding carboxylic acids is 1. The molecule has 0 atom stereocenters. The third-order valence-electron chi connectivity index (χ3n) is 3.33. The largest absolute Gasteiger partial charge is 0.465 e. The zero-order valence-electron chi connectivity index (χ0n) is 12.5. The molecule has 0 amide bonds. The molecule has 0 fully saturated rings. The van der Waals surface area contributed by atoms with Gasteiger partial charge in [-0.05, 0) is 24.2 Å². The monoisotopic (exact) mass is 284 g/mol. The van der Waals surface area contributed by atoms with E-state index in [9.17, 15) is 4.79 Å². The number of esters is 1. The van der Waals surface area contributed by atoms with E-state index >= 15 is 0 Å². The Kier molecular flexibility index (Phi) is 5.46. The molecule has 4 nitrogen and oxygen atoms in total. The third kappa shape index (κ3) is 4.39. The lowest BCUT2D eigenvalue weighted by Gasteiger charge is -2.20. The van der Waals surface area contributed by atoms with Gasteiger partial charge in [0, 0.05) is 19.3 Å². The van der Waals surface area contributed by atoms with E-state index in [-0.39, 0.29) is 5.97 Å². The van der Waals surface area contributed by atoms with Crippen LogP contribution in [-0.2, 0) is 17.8 Å². The van der Waals surface area contributed by atoms with Crippen LogP contribution in [0, 0.1) is 0 Å². The molecule has 0 saturated heterocycles. The first kappa shape index (κ1) is 15.2. The van der Waals surface area contributed by atoms with Gasteiger partial charge in [0.2, 0.25) is 0 Å². The molecule has 0 radical (unpaired) electrons. The van der Waals surface area contributed by atoms with Crippen molar-refractivity contribution >= 4 is 5.97 Å². The van der Waals surface area contributed by atoms with Crippen LogP contribution in [0.2, 0.25) is 0 Å². The summed E-state index contributed by atoms with van der Waals surface area (Å²) in [4.78, 5) is 18.0. The lowest BCUT2D eigenvalue weighted by Crippen LogP contribution is -2.22. The molecule has 0 aliphatic carbocycles. The maximum absolute atomic E-state index is 11.4. The Balaban J connectivity index is 2.00. The molecule has 2 aromatic rings. The van der Waals surface area contributed by atoms with E-state index in [0.29, 0.717) is 5.56 Å². The van der Waals surface area contributed by atoms with Gasteiger partial charge in [-0.1, -0.05) is 37.3 Å². The number of aromatic nitrogens is 1. The van der Waals surface area contributed by atoms with Gasteiger partial charge in [-0.15, -0.1) is 0 Å². The minimum Gasteiger partial charge on any atom is -0.465 e. The van der Waals surface area contributed by atoms with Gasteiger partial charge in [-0.2, -0.15) is 0 Å². The second-order valence-electron chi connectivity index (χ2n) is 4.82. The average Bonchev–Trinajstić information content (AvgIpc) is 2.55. The normalized spacial score (nSPS) is 10.6. The zero-order chi connectivity index (χ0) is 15.1. The van der Waals surface area contributed by atoms with Gasteiger partial charge in [-0.3, -0.25) is 9.88 Å². The van der Waals surface area contributed by atoms with Crippen LogP contribution in [0.3, 0.4) is 0 Å². The molecule has 0 saturated carbocycles. The summed E-state index contributed by atoms with van der Waals surface area (Å²) >= 11 is 0. The Morgan fingerprint density at radius 3 is 2.48 bits per heavy atom. The number of benzene rings is 1. The van der Waals surface area contributed by atoms with Crippen LogP contribution in [-0.4, -0.2) is 29.5 Å². The summed E-state index contributed by atoms with van der Waals surface area (Å²) in [6.07, 6.45) is 1.57. The number of carbonyl (C=O) groups is 1. The molecular weight excluding hydrogens is 264 g/mol. The topological polar surface area (TPSA) is 42.4 Å². The van der Waals surface area contributed by atoms with Crippen LogP contribution in [0.15, 0.2) is 48.7 Å². The van der Waals surface area contributed by atoms with Gasteiger partial charge in [0.15, 0.2) is 0 Å². The van der Waals surface area contributed by atoms with Crippen molar-refractivity contribution in [2.24, 2.45) is 0 Å². The van der Waals surface area contributed by atoms with Crippen molar-refractivity contribution in [1.29, 1.82) is 0 Å². The fraction of sp³-hybridized carbons (Fsp3) is 0.294. The Morgan fingerprint density at radius 2 is 1.90 bits per heavy atom. The molecule has 2 rings (SSSR count). The SMILES string of the molecule is CCN(Cc1ccccc1)Cc1ccc(C(=O)OC)cn1. The highest BCUT2D eigenvalue weighted by Gasteiger charge is 2.08. The Hall–Kier alpha value is -2.20. The molecule has 0 unspecified atom stereocenters. The van der Waals surface area contributed by atoms with Crippen LogP contribution in [0.1, 0.15) is 28.5 Å². The quantitative estimate of drug-likeness (QED) is 0.765. The van der Waals surface area contributed by atoms with Crippen molar-refractivity contribution in [2.45, 2.75) is 20.0 Å². The highest BCUT2D eigenvalue weighted by molar-refractivity contribution is 5.88. The van der Waals surface area contributed by atoms with Crippen molar-refractivity contribution in [3.8, 4) is 0 Å². The number of pyridine rings is 1. The highest BCUT2D eigenvalue weighted by atomic mass is 16.5. The minimum absolute atomic E-state index is 0.356. The first-order valence-electron chi connectivity index (χ1n) is 7.02. The van der Waals surface area contributed by atoms with Crippen LogP contribution in [0.25, 0.3) is 0 Å². The van der Waals surface area contributed by atoms with Gasteiger partial charge < -0.3 is 4.74 Å². The van der Waals surface area contributed by atoms with E-state index in [1.54, 1.807) is 12.3 Å². The molecule has 0 spiro atoms. The predicted octanol–water partition coefficient (Wildman–Crippen LogP) is 2.89. The van der Waals surface area contributed by atoms with Gasteiger partial charge in [0.05, 0.1) is 18.4 Å². The maximum Gasteiger partial charge on any atom is 0.339 e. The van der Waals surface area contributed by atoms with Gasteiger partial charge in [-0.25, -0.2) is 4.79 Å². The van der Waals surface area contributed by atoms with Crippen LogP contribution < -0.4 is 0 Å². The lowest BCUT2D eigenvalue weighted by molar-refractivity contribution is 0.0600. The van der Waals surface area contributed by atoms with Crippen molar-refractivity contribution in [2.75, 3.05) is 13.7 Å². The first-order valence-corrected chi connectivity index (χ1v) is 7.02. The van der Waals surface area contributed by atoms with Crippen LogP contribution in [0.4, 0.5) is 0 Å². The number of nitrogens with zero attached hydrogens (tertiary/aromatic N) is 2. The van der Waals surface area contributed by atoms with E-state index in [2.05, 4.69) is 33.7 Å². The molecule has 4 heteroatoms. The van der Waals surface area contributed by atoms with Crippen molar-refractivity contribution in [1.82, 2.24) is 9.88 Å². The second-order valence-corrected chi connectivity index (χ2v) is 4.82. The highest BCUT2D eigenvalue weighted by Crippen LogP contribution is 2.09. The molecule has 0 aliphatic rings. The number of methoxy groups -OCH3 is 1. The van der Waals surface area contributed by atoms with Gasteiger partial charge in [0.25, 0.3) is 0 Å². The van der Waals surface area contributed by atoms with Gasteiger partial charge in [0.1, 0.15) is 0 Å². The summed E-state index contributed by atoms with van der Waals surface area (Å²) < 4.78 is 4.67. The average molecular weight is 284 g/mol. The van der Waals surface area contributed by atoms with Crippen LogP contribution >= 0.6 is 0 Å². The first-order chi connectivity index (χ1) is 10.2. The lowest BCUT2D eigenvalue weighted by atomic mass is 10.2. The minimum atomic E-state index is -0.356. The predicted molar refractivity (Wildman–Crippen MR) is 81.8 cm³/mol. The number of hydrogen-bond donors (Lipinski definition) is 0. The van der Waals surface area contributed by atoms with E-state index < -0.39 is 0 Å². The Bertz CT molecular complexity index is 567. The van der Waals surface area contributed by atoms with E-state index in [4.69, 9.17) is 0 Å². The molecule has 110 valence electrons. The molecule has 0 N–H and O–H groups in total. The fourth-order valence-electron chi connectivity index (χ4n) is 2.11. The van der Waals surface area contributed by atoms with Crippen molar-refractivity contribution in [3.05, 3.63) is 65.5 Å². The smallest absolute Gasteiger partial charge is 0.339 e. The molecule has 1 aromatic heterocycles. The Labute approximate surface area is 125 Å². The third-order valence-corrected chi connectivity index (χ3v) is 3.33. The summed E-state index contributed by atoms with van der Waals surface area (Å²) in [5.41, 5.74) is 2.71. The summed E-state index contributed by atoms with van der Waals surface area (Å²) in [6.45, 7) is 4.71. The van der Waals surface area contributed by atoms with E-state index in [1.165, 1.54) is 12.7 Å². The molecule has 1 aromatic carbocycles. The molecule has 0 bridgehead atoms. The summed E-state index contributed by atoms with van der Waals surface area (Å²) in [6, 6.07) is 14.0. The number of ether oxygens (including phenoxy) is 1. The zero-order valence-corrected chi connectivity index (χ0v) is 12.5. The van der Waals surface area contributed by atoms with E-state index in [0.717, 1.165) is 25.3 Å². The fourth-order valence-corrected chi connectivity index (χ4v) is 2.11. The van der Waals surface area contributed by atoms with E-state index in [1.807, 2.05) is 24.3 Å². The van der Waals surface area contributed by atoms with Crippen molar-refractivity contribution < 1.29 is 9.53 Å². The number of rotatable bonds is 6. The Morgan fingerprint density at radius 1 is 1.14 bits per heavy atom. The summed E-state index contributed by atoms with van der Waals surface area (Å²) in [5.74, 6) is -0.356. The van der Waals surface area contributed by atoms with Crippen LogP contribution in [0.5, 0.6) is 0 Å². The van der Waals surface area contributed by atoms with Gasteiger partial charge >= 0.3 is 5.97 Å². The van der Waals surface area contributed by atoms with Crippen molar-refractivity contribution in [3.63, 3.8) is 0 Å². The summed E-state index contributed by atoms with van der Waals surface area (Å²) in [7, 11) is 1.37. The number of hydrogen-bond acceptors (Lipinski definition) is 4.